The van der Waals surface area contributed by atoms with Crippen molar-refractivity contribution in [2.24, 2.45) is 0 Å². The molecule has 2 aromatic carbocycles. The molecule has 0 aliphatic heterocycles. The smallest absolute Gasteiger partial charge is 0.306 e. The maximum Gasteiger partial charge on any atom is 0.326 e. The average molecular weight is 370 g/mol. The van der Waals surface area contributed by atoms with E-state index in [2.05, 4.69) is 5.32 Å². The van der Waals surface area contributed by atoms with E-state index in [4.69, 9.17) is 28.5 Å². The summed E-state index contributed by atoms with van der Waals surface area (Å²) in [6.45, 7) is 0. The van der Waals surface area contributed by atoms with E-state index in [-0.39, 0.29) is 21.3 Å². The van der Waals surface area contributed by atoms with Crippen molar-refractivity contribution in [2.45, 2.75) is 0 Å². The SMILES string of the molecule is N#Cc1ccc(NC(=O)NC(=O)c2c(F)cccc2F)c(Cl)c1Cl. The van der Waals surface area contributed by atoms with Crippen LogP contribution in [0, 0.1) is 23.0 Å². The highest BCUT2D eigenvalue weighted by Gasteiger charge is 2.20. The van der Waals surface area contributed by atoms with E-state index >= 15 is 0 Å². The summed E-state index contributed by atoms with van der Waals surface area (Å²) in [5, 5.41) is 12.6. The second kappa shape index (κ2) is 7.25. The van der Waals surface area contributed by atoms with E-state index < -0.39 is 29.1 Å². The van der Waals surface area contributed by atoms with Crippen LogP contribution in [0.25, 0.3) is 0 Å². The standard InChI is InChI=1S/C15H7Cl2F2N3O2/c16-12-7(6-20)4-5-10(13(12)17)21-15(24)22-14(23)11-8(18)2-1-3-9(11)19/h1-5H,(H2,21,22,23,24). The van der Waals surface area contributed by atoms with Crippen LogP contribution < -0.4 is 10.6 Å². The molecule has 0 saturated heterocycles. The molecule has 2 rings (SSSR count). The van der Waals surface area contributed by atoms with Gasteiger partial charge in [-0.3, -0.25) is 10.1 Å². The van der Waals surface area contributed by atoms with Gasteiger partial charge < -0.3 is 5.32 Å². The minimum Gasteiger partial charge on any atom is -0.306 e. The van der Waals surface area contributed by atoms with Crippen LogP contribution in [0.1, 0.15) is 15.9 Å². The molecule has 9 heteroatoms. The molecule has 2 aromatic rings. The Kier molecular flexibility index (Phi) is 5.34. The number of urea groups is 1. The summed E-state index contributed by atoms with van der Waals surface area (Å²) >= 11 is 11.7. The third kappa shape index (κ3) is 3.62. The molecule has 122 valence electrons. The Labute approximate surface area is 144 Å². The summed E-state index contributed by atoms with van der Waals surface area (Å²) in [5.74, 6) is -3.49. The molecule has 24 heavy (non-hydrogen) atoms. The number of benzene rings is 2. The summed E-state index contributed by atoms with van der Waals surface area (Å²) in [6, 6.07) is 6.17. The number of carbonyl (C=O) groups is 2. The lowest BCUT2D eigenvalue weighted by Gasteiger charge is -2.10. The van der Waals surface area contributed by atoms with Gasteiger partial charge in [-0.25, -0.2) is 13.6 Å². The van der Waals surface area contributed by atoms with Gasteiger partial charge in [0.25, 0.3) is 5.91 Å². The Morgan fingerprint density at radius 3 is 2.25 bits per heavy atom. The molecule has 3 amide bonds. The van der Waals surface area contributed by atoms with Crippen molar-refractivity contribution >= 4 is 40.8 Å². The molecule has 0 aliphatic carbocycles. The number of anilines is 1. The number of halogens is 4. The lowest BCUT2D eigenvalue weighted by Crippen LogP contribution is -2.35. The molecule has 0 radical (unpaired) electrons. The molecular weight excluding hydrogens is 363 g/mol. The first-order valence-electron chi connectivity index (χ1n) is 6.29. The maximum atomic E-state index is 13.5. The molecule has 0 atom stereocenters. The van der Waals surface area contributed by atoms with Gasteiger partial charge in [0.2, 0.25) is 0 Å². The van der Waals surface area contributed by atoms with Crippen LogP contribution in [0.2, 0.25) is 10.0 Å². The Hall–Kier alpha value is -2.69. The molecule has 5 nitrogen and oxygen atoms in total. The van der Waals surface area contributed by atoms with E-state index in [0.29, 0.717) is 0 Å². The van der Waals surface area contributed by atoms with E-state index in [1.54, 1.807) is 11.4 Å². The van der Waals surface area contributed by atoms with E-state index in [0.717, 1.165) is 18.2 Å². The quantitative estimate of drug-likeness (QED) is 0.835. The molecule has 0 bridgehead atoms. The molecule has 0 unspecified atom stereocenters. The predicted molar refractivity (Wildman–Crippen MR) is 84.0 cm³/mol. The van der Waals surface area contributed by atoms with Crippen molar-refractivity contribution in [2.75, 3.05) is 5.32 Å². The van der Waals surface area contributed by atoms with Crippen molar-refractivity contribution < 1.29 is 18.4 Å². The number of amides is 3. The number of carbonyl (C=O) groups excluding carboxylic acids is 2. The Morgan fingerprint density at radius 2 is 1.67 bits per heavy atom. The van der Waals surface area contributed by atoms with Gasteiger partial charge in [-0.2, -0.15) is 5.26 Å². The molecule has 0 heterocycles. The molecule has 0 saturated carbocycles. The van der Waals surface area contributed by atoms with Crippen molar-refractivity contribution in [3.8, 4) is 6.07 Å². The Balaban J connectivity index is 2.16. The number of rotatable bonds is 2. The molecule has 0 spiro atoms. The van der Waals surface area contributed by atoms with E-state index in [9.17, 15) is 18.4 Å². The highest BCUT2D eigenvalue weighted by Crippen LogP contribution is 2.32. The summed E-state index contributed by atoms with van der Waals surface area (Å²) in [7, 11) is 0. The number of hydrogen-bond donors (Lipinski definition) is 2. The molecule has 2 N–H and O–H groups in total. The van der Waals surface area contributed by atoms with Gasteiger partial charge >= 0.3 is 6.03 Å². The lowest BCUT2D eigenvalue weighted by molar-refractivity contribution is 0.0959. The average Bonchev–Trinajstić information content (AvgIpc) is 2.52. The highest BCUT2D eigenvalue weighted by molar-refractivity contribution is 6.44. The van der Waals surface area contributed by atoms with E-state index in [1.165, 1.54) is 12.1 Å². The molecule has 0 fully saturated rings. The third-order valence-electron chi connectivity index (χ3n) is 2.87. The number of imide groups is 1. The minimum absolute atomic E-state index is 0.0139. The van der Waals surface area contributed by atoms with Gasteiger partial charge in [-0.05, 0) is 24.3 Å². The minimum atomic E-state index is -1.26. The van der Waals surface area contributed by atoms with Crippen LogP contribution in [0.5, 0.6) is 0 Å². The van der Waals surface area contributed by atoms with Crippen molar-refractivity contribution in [1.29, 1.82) is 5.26 Å². The maximum absolute atomic E-state index is 13.5. The van der Waals surface area contributed by atoms with Gasteiger partial charge in [-0.15, -0.1) is 0 Å². The molecule has 0 aromatic heterocycles. The highest BCUT2D eigenvalue weighted by atomic mass is 35.5. The zero-order valence-corrected chi connectivity index (χ0v) is 13.2. The van der Waals surface area contributed by atoms with E-state index in [1.807, 2.05) is 0 Å². The summed E-state index contributed by atoms with van der Waals surface area (Å²) in [6.07, 6.45) is 0. The summed E-state index contributed by atoms with van der Waals surface area (Å²) < 4.78 is 27.0. The zero-order valence-electron chi connectivity index (χ0n) is 11.7. The van der Waals surface area contributed by atoms with Crippen molar-refractivity contribution in [1.82, 2.24) is 5.32 Å². The van der Waals surface area contributed by atoms with Gasteiger partial charge in [0.15, 0.2) is 0 Å². The second-order valence-electron chi connectivity index (χ2n) is 4.41. The van der Waals surface area contributed by atoms with Crippen molar-refractivity contribution in [3.05, 3.63) is 63.1 Å². The second-order valence-corrected chi connectivity index (χ2v) is 5.16. The number of nitriles is 1. The largest absolute Gasteiger partial charge is 0.326 e. The van der Waals surface area contributed by atoms with Gasteiger partial charge in [-0.1, -0.05) is 29.3 Å². The summed E-state index contributed by atoms with van der Waals surface area (Å²) in [5.41, 5.74) is -0.784. The molecular formula is C15H7Cl2F2N3O2. The van der Waals surface area contributed by atoms with Gasteiger partial charge in [0.1, 0.15) is 23.3 Å². The number of nitrogens with zero attached hydrogens (tertiary/aromatic N) is 1. The van der Waals surface area contributed by atoms with Crippen LogP contribution in [-0.2, 0) is 0 Å². The van der Waals surface area contributed by atoms with Crippen LogP contribution in [0.4, 0.5) is 19.3 Å². The van der Waals surface area contributed by atoms with Crippen LogP contribution in [0.15, 0.2) is 30.3 Å². The van der Waals surface area contributed by atoms with Crippen LogP contribution >= 0.6 is 23.2 Å². The predicted octanol–water partition coefficient (Wildman–Crippen LogP) is 4.11. The van der Waals surface area contributed by atoms with Crippen molar-refractivity contribution in [3.63, 3.8) is 0 Å². The normalized spacial score (nSPS) is 9.96. The fourth-order valence-corrected chi connectivity index (χ4v) is 2.19. The first-order valence-corrected chi connectivity index (χ1v) is 7.05. The van der Waals surface area contributed by atoms with Gasteiger partial charge in [0, 0.05) is 0 Å². The first kappa shape index (κ1) is 17.7. The topological polar surface area (TPSA) is 82.0 Å². The summed E-state index contributed by atoms with van der Waals surface area (Å²) in [4.78, 5) is 23.6. The zero-order chi connectivity index (χ0) is 17.9. The lowest BCUT2D eigenvalue weighted by atomic mass is 10.2. The Bertz CT molecular complexity index is 862. The monoisotopic (exact) mass is 369 g/mol. The fourth-order valence-electron chi connectivity index (χ4n) is 1.77. The fraction of sp³-hybridized carbons (Fsp3) is 0. The van der Waals surface area contributed by atoms with Crippen LogP contribution in [-0.4, -0.2) is 11.9 Å². The third-order valence-corrected chi connectivity index (χ3v) is 3.75. The van der Waals surface area contributed by atoms with Crippen LogP contribution in [0.3, 0.4) is 0 Å². The molecule has 0 aliphatic rings. The first-order chi connectivity index (χ1) is 11.3. The van der Waals surface area contributed by atoms with Gasteiger partial charge in [0.05, 0.1) is 21.3 Å². The Morgan fingerprint density at radius 1 is 1.04 bits per heavy atom. The number of nitrogens with one attached hydrogen (secondary N) is 2. The number of hydrogen-bond acceptors (Lipinski definition) is 3.